The van der Waals surface area contributed by atoms with Crippen LogP contribution in [0.5, 0.6) is 0 Å². The summed E-state index contributed by atoms with van der Waals surface area (Å²) in [5.74, 6) is -0.223. The number of phosphoric ester groups is 1. The van der Waals surface area contributed by atoms with E-state index in [9.17, 15) is 19.4 Å². The van der Waals surface area contributed by atoms with E-state index in [0.29, 0.717) is 12.8 Å². The number of carbonyl (C=O) groups is 1. The van der Waals surface area contributed by atoms with Gasteiger partial charge in [0.2, 0.25) is 5.91 Å². The number of aliphatic hydroxyl groups is 1. The molecule has 0 aliphatic rings. The van der Waals surface area contributed by atoms with Crippen molar-refractivity contribution in [1.82, 2.24) is 5.32 Å². The molecular weight excluding hydrogens is 719 g/mol. The van der Waals surface area contributed by atoms with Crippen LogP contribution in [0.2, 0.25) is 0 Å². The molecule has 0 heterocycles. The molecule has 1 amide bonds. The molecule has 0 aliphatic carbocycles. The van der Waals surface area contributed by atoms with E-state index >= 15 is 0 Å². The highest BCUT2D eigenvalue weighted by atomic mass is 31.2. The SMILES string of the molecule is CC/C=C\C/C=C\C/C=C\C/C=C\C/C=C\C/C=C\C/C=C\CCCC(=O)NC(COP(=O)(O)OCCN)C(O)CCCCCCCCCCCCCCCC. The summed E-state index contributed by atoms with van der Waals surface area (Å²) in [6.07, 6.45) is 56.0. The first-order chi connectivity index (χ1) is 27.4. The monoisotopic (exact) mass is 803 g/mol. The van der Waals surface area contributed by atoms with Crippen molar-refractivity contribution in [3.05, 3.63) is 85.1 Å². The van der Waals surface area contributed by atoms with Crippen molar-refractivity contribution in [2.75, 3.05) is 19.8 Å². The van der Waals surface area contributed by atoms with Crippen LogP contribution in [0.3, 0.4) is 0 Å². The molecule has 3 atom stereocenters. The Morgan fingerprint density at radius 1 is 0.607 bits per heavy atom. The molecule has 0 bridgehead atoms. The maximum Gasteiger partial charge on any atom is 0.472 e. The second kappa shape index (κ2) is 42.3. The average molecular weight is 803 g/mol. The lowest BCUT2D eigenvalue weighted by atomic mass is 10.0. The molecule has 56 heavy (non-hydrogen) atoms. The van der Waals surface area contributed by atoms with Crippen LogP contribution in [0.4, 0.5) is 0 Å². The molecular formula is C47H83N2O6P. The van der Waals surface area contributed by atoms with Gasteiger partial charge in [-0.05, 0) is 64.2 Å². The molecule has 0 aromatic rings. The molecule has 0 aliphatic heterocycles. The van der Waals surface area contributed by atoms with E-state index in [-0.39, 0.29) is 32.1 Å². The van der Waals surface area contributed by atoms with Crippen LogP contribution in [0.15, 0.2) is 85.1 Å². The van der Waals surface area contributed by atoms with Crippen LogP contribution in [0.1, 0.15) is 174 Å². The van der Waals surface area contributed by atoms with Gasteiger partial charge >= 0.3 is 7.82 Å². The first kappa shape index (κ1) is 53.7. The van der Waals surface area contributed by atoms with E-state index in [0.717, 1.165) is 70.6 Å². The highest BCUT2D eigenvalue weighted by Crippen LogP contribution is 2.43. The summed E-state index contributed by atoms with van der Waals surface area (Å²) in [4.78, 5) is 22.7. The zero-order valence-corrected chi connectivity index (χ0v) is 36.5. The summed E-state index contributed by atoms with van der Waals surface area (Å²) < 4.78 is 22.2. The van der Waals surface area contributed by atoms with Crippen molar-refractivity contribution in [3.8, 4) is 0 Å². The minimum absolute atomic E-state index is 0.0751. The zero-order valence-electron chi connectivity index (χ0n) is 35.6. The Kier molecular flexibility index (Phi) is 40.5. The number of unbranched alkanes of at least 4 members (excludes halogenated alkanes) is 14. The summed E-state index contributed by atoms with van der Waals surface area (Å²) >= 11 is 0. The lowest BCUT2D eigenvalue weighted by molar-refractivity contribution is -0.123. The maximum absolute atomic E-state index is 12.8. The summed E-state index contributed by atoms with van der Waals surface area (Å²) in [5, 5.41) is 13.8. The van der Waals surface area contributed by atoms with Gasteiger partial charge < -0.3 is 21.1 Å². The van der Waals surface area contributed by atoms with E-state index in [2.05, 4.69) is 104 Å². The highest BCUT2D eigenvalue weighted by molar-refractivity contribution is 7.47. The summed E-state index contributed by atoms with van der Waals surface area (Å²) in [5.41, 5.74) is 5.37. The normalized spacial score (nSPS) is 14.9. The Hall–Kier alpha value is -2.32. The molecule has 0 spiro atoms. The molecule has 0 saturated heterocycles. The summed E-state index contributed by atoms with van der Waals surface area (Å²) in [6, 6.07) is -0.810. The van der Waals surface area contributed by atoms with Crippen molar-refractivity contribution >= 4 is 13.7 Å². The van der Waals surface area contributed by atoms with Crippen LogP contribution in [-0.4, -0.2) is 47.8 Å². The minimum Gasteiger partial charge on any atom is -0.391 e. The second-order valence-electron chi connectivity index (χ2n) is 14.5. The largest absolute Gasteiger partial charge is 0.472 e. The van der Waals surface area contributed by atoms with E-state index < -0.39 is 20.0 Å². The van der Waals surface area contributed by atoms with Gasteiger partial charge in [0, 0.05) is 13.0 Å². The number of nitrogens with one attached hydrogen (secondary N) is 1. The molecule has 0 radical (unpaired) electrons. The Bertz CT molecular complexity index is 1150. The zero-order chi connectivity index (χ0) is 41.1. The van der Waals surface area contributed by atoms with Gasteiger partial charge in [-0.15, -0.1) is 0 Å². The van der Waals surface area contributed by atoms with Gasteiger partial charge in [-0.2, -0.15) is 0 Å². The fourth-order valence-electron chi connectivity index (χ4n) is 5.95. The number of amides is 1. The maximum atomic E-state index is 12.8. The third-order valence-electron chi connectivity index (χ3n) is 9.26. The van der Waals surface area contributed by atoms with Crippen LogP contribution in [0, 0.1) is 0 Å². The smallest absolute Gasteiger partial charge is 0.391 e. The van der Waals surface area contributed by atoms with Crippen LogP contribution >= 0.6 is 7.82 Å². The van der Waals surface area contributed by atoms with Gasteiger partial charge in [0.25, 0.3) is 0 Å². The van der Waals surface area contributed by atoms with Crippen LogP contribution in [-0.2, 0) is 18.4 Å². The molecule has 0 aromatic carbocycles. The number of hydrogen-bond acceptors (Lipinski definition) is 6. The van der Waals surface area contributed by atoms with E-state index in [1.165, 1.54) is 70.6 Å². The van der Waals surface area contributed by atoms with Gasteiger partial charge in [0.1, 0.15) is 0 Å². The van der Waals surface area contributed by atoms with Crippen LogP contribution in [0.25, 0.3) is 0 Å². The molecule has 0 fully saturated rings. The van der Waals surface area contributed by atoms with Gasteiger partial charge in [0.05, 0.1) is 25.4 Å². The third-order valence-corrected chi connectivity index (χ3v) is 10.2. The molecule has 8 nitrogen and oxygen atoms in total. The predicted molar refractivity (Wildman–Crippen MR) is 239 cm³/mol. The number of rotatable bonds is 40. The number of phosphoric acid groups is 1. The second-order valence-corrected chi connectivity index (χ2v) is 16.0. The first-order valence-corrected chi connectivity index (χ1v) is 23.7. The lowest BCUT2D eigenvalue weighted by Gasteiger charge is -2.25. The molecule has 0 saturated carbocycles. The van der Waals surface area contributed by atoms with Gasteiger partial charge in [-0.3, -0.25) is 13.8 Å². The molecule has 5 N–H and O–H groups in total. The van der Waals surface area contributed by atoms with Crippen LogP contribution < -0.4 is 11.1 Å². The summed E-state index contributed by atoms with van der Waals surface area (Å²) in [6.45, 7) is 4.03. The van der Waals surface area contributed by atoms with E-state index in [1.54, 1.807) is 0 Å². The minimum atomic E-state index is -4.34. The fraction of sp³-hybridized carbons (Fsp3) is 0.681. The Balaban J connectivity index is 4.29. The number of carbonyl (C=O) groups excluding carboxylic acids is 1. The van der Waals surface area contributed by atoms with Crippen molar-refractivity contribution < 1.29 is 28.4 Å². The van der Waals surface area contributed by atoms with Gasteiger partial charge in [-0.25, -0.2) is 4.57 Å². The van der Waals surface area contributed by atoms with Crippen molar-refractivity contribution in [2.24, 2.45) is 5.73 Å². The molecule has 9 heteroatoms. The molecule has 3 unspecified atom stereocenters. The Morgan fingerprint density at radius 2 is 1.02 bits per heavy atom. The Labute approximate surface area is 343 Å². The fourth-order valence-corrected chi connectivity index (χ4v) is 6.71. The number of aliphatic hydroxyl groups excluding tert-OH is 1. The van der Waals surface area contributed by atoms with Crippen molar-refractivity contribution in [3.63, 3.8) is 0 Å². The van der Waals surface area contributed by atoms with Gasteiger partial charge in [0.15, 0.2) is 0 Å². The number of hydrogen-bond donors (Lipinski definition) is 4. The number of allylic oxidation sites excluding steroid dienone is 14. The lowest BCUT2D eigenvalue weighted by Crippen LogP contribution is -2.46. The highest BCUT2D eigenvalue weighted by Gasteiger charge is 2.27. The molecule has 0 aromatic heterocycles. The predicted octanol–water partition coefficient (Wildman–Crippen LogP) is 12.6. The van der Waals surface area contributed by atoms with E-state index in [1.807, 2.05) is 0 Å². The molecule has 0 rings (SSSR count). The Morgan fingerprint density at radius 3 is 1.45 bits per heavy atom. The van der Waals surface area contributed by atoms with Gasteiger partial charge in [-0.1, -0.05) is 189 Å². The quantitative estimate of drug-likeness (QED) is 0.0276. The summed E-state index contributed by atoms with van der Waals surface area (Å²) in [7, 11) is -4.34. The standard InChI is InChI=1S/C47H83N2O6P/c1-3-5-7-9-11-13-15-17-19-20-21-22-23-24-25-26-27-29-31-33-35-37-39-41-47(51)49-45(44-55-56(52,53)54-43-42-48)46(50)40-38-36-34-32-30-28-18-16-14-12-10-8-6-4-2/h5,7,11,13,17,19,21-22,24-25,27,29,33,35,45-46,50H,3-4,6,8-10,12,14-16,18,20,23,26,28,30-32,34,36-44,48H2,1-2H3,(H,49,51)(H,52,53)/b7-5-,13-11-,19-17-,22-21-,25-24-,29-27-,35-33-. The van der Waals surface area contributed by atoms with Crippen molar-refractivity contribution in [1.29, 1.82) is 0 Å². The average Bonchev–Trinajstić information content (AvgIpc) is 3.19. The number of nitrogens with two attached hydrogens (primary N) is 1. The molecule has 322 valence electrons. The third kappa shape index (κ3) is 39.9. The first-order valence-electron chi connectivity index (χ1n) is 22.2. The topological polar surface area (TPSA) is 131 Å². The van der Waals surface area contributed by atoms with Crippen molar-refractivity contribution in [2.45, 2.75) is 187 Å². The van der Waals surface area contributed by atoms with E-state index in [4.69, 9.17) is 14.8 Å².